The van der Waals surface area contributed by atoms with Crippen molar-refractivity contribution in [2.75, 3.05) is 12.0 Å². The van der Waals surface area contributed by atoms with E-state index in [-0.39, 0.29) is 11.8 Å². The minimum absolute atomic E-state index is 0.187. The van der Waals surface area contributed by atoms with E-state index in [1.54, 1.807) is 24.3 Å². The second-order valence-electron chi connectivity index (χ2n) is 9.50. The Balaban J connectivity index is 1.56. The van der Waals surface area contributed by atoms with Crippen molar-refractivity contribution in [3.05, 3.63) is 101 Å². The zero-order valence-electron chi connectivity index (χ0n) is 18.7. The number of benzene rings is 3. The van der Waals surface area contributed by atoms with Gasteiger partial charge in [-0.3, -0.25) is 9.59 Å². The maximum Gasteiger partial charge on any atom is 0.337 e. The van der Waals surface area contributed by atoms with E-state index < -0.39 is 28.6 Å². The molecule has 0 radical (unpaired) electrons. The maximum absolute atomic E-state index is 14.0. The van der Waals surface area contributed by atoms with E-state index in [0.29, 0.717) is 11.3 Å². The number of anilines is 1. The highest BCUT2D eigenvalue weighted by Crippen LogP contribution is 2.66. The van der Waals surface area contributed by atoms with E-state index in [0.717, 1.165) is 22.3 Å². The van der Waals surface area contributed by atoms with Crippen LogP contribution in [0.15, 0.2) is 72.8 Å². The largest absolute Gasteiger partial charge is 0.465 e. The fourth-order valence-electron chi connectivity index (χ4n) is 6.69. The van der Waals surface area contributed by atoms with E-state index in [1.165, 1.54) is 12.0 Å². The third-order valence-electron chi connectivity index (χ3n) is 8.19. The van der Waals surface area contributed by atoms with Gasteiger partial charge in [0.25, 0.3) is 0 Å². The number of ether oxygens (including phenoxy) is 1. The van der Waals surface area contributed by atoms with Crippen molar-refractivity contribution in [2.45, 2.75) is 24.7 Å². The summed E-state index contributed by atoms with van der Waals surface area (Å²) in [6.45, 7) is 4.21. The topological polar surface area (TPSA) is 63.7 Å². The van der Waals surface area contributed by atoms with Crippen LogP contribution in [0.4, 0.5) is 5.69 Å². The molecule has 2 amide bonds. The number of carbonyl (C=O) groups excluding carboxylic acids is 3. The zero-order chi connectivity index (χ0) is 23.1. The van der Waals surface area contributed by atoms with Crippen molar-refractivity contribution in [3.8, 4) is 0 Å². The summed E-state index contributed by atoms with van der Waals surface area (Å²) >= 11 is 0. The first-order valence-corrected chi connectivity index (χ1v) is 11.1. The first kappa shape index (κ1) is 19.9. The lowest BCUT2D eigenvalue weighted by atomic mass is 9.42. The minimum atomic E-state index is -0.608. The number of imide groups is 1. The molecule has 7 rings (SSSR count). The molecule has 3 aromatic carbocycles. The van der Waals surface area contributed by atoms with Crippen molar-refractivity contribution in [2.24, 2.45) is 11.8 Å². The normalized spacial score (nSPS) is 28.9. The van der Waals surface area contributed by atoms with E-state index >= 15 is 0 Å². The van der Waals surface area contributed by atoms with Gasteiger partial charge in [0.1, 0.15) is 0 Å². The summed E-state index contributed by atoms with van der Waals surface area (Å²) in [6.07, 6.45) is 0. The fourth-order valence-corrected chi connectivity index (χ4v) is 6.69. The molecule has 5 heteroatoms. The van der Waals surface area contributed by atoms with Gasteiger partial charge in [0.2, 0.25) is 11.8 Å². The van der Waals surface area contributed by atoms with Crippen LogP contribution in [0.2, 0.25) is 0 Å². The molecular formula is C28H23NO4. The smallest absolute Gasteiger partial charge is 0.337 e. The molecule has 3 aliphatic carbocycles. The number of carbonyl (C=O) groups is 3. The summed E-state index contributed by atoms with van der Waals surface area (Å²) in [6, 6.07) is 22.9. The predicted molar refractivity (Wildman–Crippen MR) is 123 cm³/mol. The van der Waals surface area contributed by atoms with Crippen LogP contribution < -0.4 is 4.90 Å². The maximum atomic E-state index is 14.0. The van der Waals surface area contributed by atoms with Crippen LogP contribution >= 0.6 is 0 Å². The molecule has 1 aliphatic heterocycles. The quantitative estimate of drug-likeness (QED) is 0.445. The van der Waals surface area contributed by atoms with Gasteiger partial charge < -0.3 is 4.74 Å². The molecule has 0 N–H and O–H groups in total. The number of esters is 1. The molecule has 33 heavy (non-hydrogen) atoms. The average molecular weight is 437 g/mol. The molecule has 4 aliphatic rings. The third kappa shape index (κ3) is 2.20. The standard InChI is InChI=1S/C28H23NO4/c1-27-18-8-4-6-10-20(18)28(2,21-11-7-5-9-19(21)27)23-22(27)24(30)29(25(23)31)17-14-12-16(13-15-17)26(32)33-3/h4-15,22-23H,1-3H3/t22-,23-,27?,28?/m1/s1. The lowest BCUT2D eigenvalue weighted by molar-refractivity contribution is -0.124. The molecule has 1 fully saturated rings. The Hall–Kier alpha value is -3.73. The average Bonchev–Trinajstić information content (AvgIpc) is 3.13. The molecule has 0 saturated carbocycles. The monoisotopic (exact) mass is 437 g/mol. The SMILES string of the molecule is COC(=O)c1ccc(N2C(=O)[C@H]3[C@H](C2=O)C2(C)c4ccccc4C3(C)c3ccccc32)cc1. The number of amides is 2. The van der Waals surface area contributed by atoms with Gasteiger partial charge in [-0.1, -0.05) is 62.4 Å². The Kier molecular flexibility index (Phi) is 3.87. The Morgan fingerprint density at radius 3 is 1.48 bits per heavy atom. The summed E-state index contributed by atoms with van der Waals surface area (Å²) in [4.78, 5) is 41.2. The van der Waals surface area contributed by atoms with Crippen molar-refractivity contribution >= 4 is 23.5 Å². The van der Waals surface area contributed by atoms with Crippen LogP contribution in [0, 0.1) is 11.8 Å². The van der Waals surface area contributed by atoms with Gasteiger partial charge in [0.05, 0.1) is 30.2 Å². The van der Waals surface area contributed by atoms with Crippen LogP contribution in [0.3, 0.4) is 0 Å². The van der Waals surface area contributed by atoms with E-state index in [1.807, 2.05) is 24.3 Å². The molecule has 0 unspecified atom stereocenters. The Morgan fingerprint density at radius 2 is 1.12 bits per heavy atom. The molecule has 2 atom stereocenters. The summed E-state index contributed by atoms with van der Waals surface area (Å²) < 4.78 is 4.77. The van der Waals surface area contributed by atoms with E-state index in [4.69, 9.17) is 4.74 Å². The summed E-state index contributed by atoms with van der Waals surface area (Å²) in [5, 5.41) is 0. The van der Waals surface area contributed by atoms with Gasteiger partial charge in [-0.05, 0) is 46.5 Å². The van der Waals surface area contributed by atoms with Crippen molar-refractivity contribution in [3.63, 3.8) is 0 Å². The molecule has 2 bridgehead atoms. The second kappa shape index (κ2) is 6.41. The molecule has 1 heterocycles. The molecule has 0 spiro atoms. The van der Waals surface area contributed by atoms with Crippen molar-refractivity contribution in [1.29, 1.82) is 0 Å². The number of methoxy groups -OCH3 is 1. The van der Waals surface area contributed by atoms with Gasteiger partial charge in [0, 0.05) is 10.8 Å². The Morgan fingerprint density at radius 1 is 0.727 bits per heavy atom. The third-order valence-corrected chi connectivity index (χ3v) is 8.19. The van der Waals surface area contributed by atoms with Crippen LogP contribution in [0.5, 0.6) is 0 Å². The van der Waals surface area contributed by atoms with Gasteiger partial charge in [-0.2, -0.15) is 0 Å². The molecule has 0 aromatic heterocycles. The van der Waals surface area contributed by atoms with Gasteiger partial charge in [0.15, 0.2) is 0 Å². The Labute approximate surface area is 192 Å². The van der Waals surface area contributed by atoms with E-state index in [9.17, 15) is 14.4 Å². The highest BCUT2D eigenvalue weighted by atomic mass is 16.5. The van der Waals surface area contributed by atoms with Gasteiger partial charge in [-0.25, -0.2) is 9.69 Å². The lowest BCUT2D eigenvalue weighted by Crippen LogP contribution is -2.59. The summed E-state index contributed by atoms with van der Waals surface area (Å²) in [5.74, 6) is -1.83. The van der Waals surface area contributed by atoms with Crippen LogP contribution in [0.25, 0.3) is 0 Å². The van der Waals surface area contributed by atoms with Crippen LogP contribution in [-0.2, 0) is 25.2 Å². The van der Waals surface area contributed by atoms with Gasteiger partial charge in [-0.15, -0.1) is 0 Å². The number of hydrogen-bond donors (Lipinski definition) is 0. The molecular weight excluding hydrogens is 414 g/mol. The Bertz CT molecular complexity index is 1230. The fraction of sp³-hybridized carbons (Fsp3) is 0.250. The molecule has 5 nitrogen and oxygen atoms in total. The first-order chi connectivity index (χ1) is 15.8. The number of hydrogen-bond acceptors (Lipinski definition) is 4. The van der Waals surface area contributed by atoms with Gasteiger partial charge >= 0.3 is 5.97 Å². The molecule has 3 aromatic rings. The highest BCUT2D eigenvalue weighted by Gasteiger charge is 2.70. The second-order valence-corrected chi connectivity index (χ2v) is 9.50. The lowest BCUT2D eigenvalue weighted by Gasteiger charge is -2.57. The highest BCUT2D eigenvalue weighted by molar-refractivity contribution is 6.24. The first-order valence-electron chi connectivity index (χ1n) is 11.1. The molecule has 1 saturated heterocycles. The summed E-state index contributed by atoms with van der Waals surface area (Å²) in [5.41, 5.74) is 4.12. The minimum Gasteiger partial charge on any atom is -0.465 e. The van der Waals surface area contributed by atoms with Crippen molar-refractivity contribution in [1.82, 2.24) is 0 Å². The number of rotatable bonds is 2. The van der Waals surface area contributed by atoms with Crippen LogP contribution in [0.1, 0.15) is 46.5 Å². The van der Waals surface area contributed by atoms with Crippen molar-refractivity contribution < 1.29 is 19.1 Å². The molecule has 164 valence electrons. The zero-order valence-corrected chi connectivity index (χ0v) is 18.7. The van der Waals surface area contributed by atoms with E-state index in [2.05, 4.69) is 38.1 Å². The number of nitrogens with zero attached hydrogens (tertiary/aromatic N) is 1. The van der Waals surface area contributed by atoms with Crippen LogP contribution in [-0.4, -0.2) is 24.9 Å². The summed E-state index contributed by atoms with van der Waals surface area (Å²) in [7, 11) is 1.32. The predicted octanol–water partition coefficient (Wildman–Crippen LogP) is 4.22.